The molecule has 3 saturated heterocycles. The summed E-state index contributed by atoms with van der Waals surface area (Å²) in [5.74, 6) is -1.62. The second-order valence-corrected chi connectivity index (χ2v) is 9.42. The highest BCUT2D eigenvalue weighted by Crippen LogP contribution is 2.58. The molecule has 1 aromatic carbocycles. The fourth-order valence-corrected chi connectivity index (χ4v) is 5.76. The highest BCUT2D eigenvalue weighted by Gasteiger charge is 2.74. The van der Waals surface area contributed by atoms with Crippen LogP contribution in [0.1, 0.15) is 46.5 Å². The van der Waals surface area contributed by atoms with Crippen molar-refractivity contribution in [2.24, 2.45) is 11.8 Å². The normalized spacial score (nSPS) is 30.2. The number of unbranched alkanes of at least 4 members (excludes halogenated alkanes) is 1. The number of carbonyl (C=O) groups excluding carboxylic acids is 3. The Kier molecular flexibility index (Phi) is 7.14. The molecular weight excluding hydrogens is 438 g/mol. The summed E-state index contributed by atoms with van der Waals surface area (Å²) in [6.07, 6.45) is 2.47. The van der Waals surface area contributed by atoms with Crippen molar-refractivity contribution >= 4 is 23.4 Å². The first-order chi connectivity index (χ1) is 16.4. The predicted molar refractivity (Wildman–Crippen MR) is 125 cm³/mol. The van der Waals surface area contributed by atoms with E-state index in [4.69, 9.17) is 9.47 Å². The van der Waals surface area contributed by atoms with Crippen LogP contribution in [0.5, 0.6) is 5.75 Å². The second kappa shape index (κ2) is 9.92. The molecule has 2 unspecified atom stereocenters. The van der Waals surface area contributed by atoms with Crippen LogP contribution in [0.2, 0.25) is 0 Å². The molecule has 2 bridgehead atoms. The van der Waals surface area contributed by atoms with E-state index in [0.29, 0.717) is 37.4 Å². The molecule has 3 aliphatic rings. The molecule has 3 aliphatic heterocycles. The van der Waals surface area contributed by atoms with E-state index in [1.807, 2.05) is 13.8 Å². The summed E-state index contributed by atoms with van der Waals surface area (Å²) < 4.78 is 11.8. The monoisotopic (exact) mass is 473 g/mol. The lowest BCUT2D eigenvalue weighted by atomic mass is 9.70. The number of nitrogens with one attached hydrogen (secondary N) is 2. The molecule has 4 rings (SSSR count). The van der Waals surface area contributed by atoms with E-state index in [2.05, 4.69) is 10.6 Å². The molecule has 9 nitrogen and oxygen atoms in total. The van der Waals surface area contributed by atoms with Gasteiger partial charge in [-0.3, -0.25) is 14.4 Å². The summed E-state index contributed by atoms with van der Waals surface area (Å²) in [4.78, 5) is 41.8. The molecular formula is C25H35N3O6. The number of aliphatic hydroxyl groups excluding tert-OH is 1. The van der Waals surface area contributed by atoms with Gasteiger partial charge in [0.1, 0.15) is 17.4 Å². The van der Waals surface area contributed by atoms with Gasteiger partial charge in [-0.05, 0) is 57.4 Å². The van der Waals surface area contributed by atoms with E-state index in [0.717, 1.165) is 12.8 Å². The van der Waals surface area contributed by atoms with Crippen LogP contribution in [-0.4, -0.2) is 71.3 Å². The Morgan fingerprint density at radius 2 is 2.00 bits per heavy atom. The number of amides is 3. The number of nitrogens with zero attached hydrogens (tertiary/aromatic N) is 1. The van der Waals surface area contributed by atoms with Gasteiger partial charge in [0.15, 0.2) is 0 Å². The Hall–Kier alpha value is -2.65. The standard InChI is InChI=1S/C25H35N3O6/c1-4-6-13-26-23(31)21-25-12-11-18(34-25)19(20(25)24(32)28(21)15(3)14-29)22(30)27-16-7-9-17(10-8-16)33-5-2/h7-10,15,18-21,29H,4-6,11-14H2,1-3H3,(H,26,31)(H,27,30)/t15-,18+,19-,20+,21?,25?/m1/s1. The maximum absolute atomic E-state index is 13.7. The number of anilines is 1. The molecule has 3 fully saturated rings. The van der Waals surface area contributed by atoms with Gasteiger partial charge in [0.05, 0.1) is 37.2 Å². The van der Waals surface area contributed by atoms with Crippen LogP contribution in [0.3, 0.4) is 0 Å². The lowest BCUT2D eigenvalue weighted by Crippen LogP contribution is -2.57. The van der Waals surface area contributed by atoms with E-state index in [1.54, 1.807) is 31.2 Å². The van der Waals surface area contributed by atoms with Gasteiger partial charge < -0.3 is 30.1 Å². The summed E-state index contributed by atoms with van der Waals surface area (Å²) in [5, 5.41) is 15.7. The summed E-state index contributed by atoms with van der Waals surface area (Å²) in [6.45, 7) is 6.43. The minimum Gasteiger partial charge on any atom is -0.494 e. The number of aliphatic hydroxyl groups is 1. The van der Waals surface area contributed by atoms with Gasteiger partial charge in [0.2, 0.25) is 17.7 Å². The Morgan fingerprint density at radius 1 is 1.26 bits per heavy atom. The van der Waals surface area contributed by atoms with Crippen LogP contribution in [0, 0.1) is 11.8 Å². The molecule has 0 aromatic heterocycles. The Labute approximate surface area is 200 Å². The molecule has 1 spiro atoms. The summed E-state index contributed by atoms with van der Waals surface area (Å²) in [7, 11) is 0. The van der Waals surface area contributed by atoms with Crippen LogP contribution in [0.15, 0.2) is 24.3 Å². The molecule has 34 heavy (non-hydrogen) atoms. The van der Waals surface area contributed by atoms with Crippen molar-refractivity contribution in [3.05, 3.63) is 24.3 Å². The molecule has 186 valence electrons. The zero-order valence-corrected chi connectivity index (χ0v) is 20.1. The van der Waals surface area contributed by atoms with Crippen LogP contribution < -0.4 is 15.4 Å². The van der Waals surface area contributed by atoms with Crippen LogP contribution in [0.25, 0.3) is 0 Å². The smallest absolute Gasteiger partial charge is 0.245 e. The molecule has 0 saturated carbocycles. The molecule has 0 aliphatic carbocycles. The first-order valence-corrected chi connectivity index (χ1v) is 12.3. The zero-order valence-electron chi connectivity index (χ0n) is 20.1. The molecule has 9 heteroatoms. The third-order valence-electron chi connectivity index (χ3n) is 7.29. The van der Waals surface area contributed by atoms with Crippen LogP contribution in [0.4, 0.5) is 5.69 Å². The Bertz CT molecular complexity index is 922. The van der Waals surface area contributed by atoms with Gasteiger partial charge in [-0.2, -0.15) is 0 Å². The largest absolute Gasteiger partial charge is 0.494 e. The SMILES string of the molecule is CCCCNC(=O)C1N([C@H](C)CO)C(=O)[C@@H]2[C@H](C(=O)Nc3ccc(OCC)cc3)[C@@H]3CCC12O3. The van der Waals surface area contributed by atoms with Crippen LogP contribution in [-0.2, 0) is 19.1 Å². The number of benzene rings is 1. The van der Waals surface area contributed by atoms with Crippen molar-refractivity contribution in [3.63, 3.8) is 0 Å². The third-order valence-corrected chi connectivity index (χ3v) is 7.29. The number of hydrogen-bond donors (Lipinski definition) is 3. The summed E-state index contributed by atoms with van der Waals surface area (Å²) >= 11 is 0. The summed E-state index contributed by atoms with van der Waals surface area (Å²) in [6, 6.07) is 5.64. The quantitative estimate of drug-likeness (QED) is 0.445. The second-order valence-electron chi connectivity index (χ2n) is 9.42. The molecule has 3 heterocycles. The molecule has 6 atom stereocenters. The van der Waals surface area contributed by atoms with Gasteiger partial charge in [0, 0.05) is 12.2 Å². The topological polar surface area (TPSA) is 117 Å². The number of fused-ring (bicyclic) bond motifs is 1. The molecule has 3 N–H and O–H groups in total. The number of rotatable bonds is 10. The van der Waals surface area contributed by atoms with Gasteiger partial charge in [-0.25, -0.2) is 0 Å². The van der Waals surface area contributed by atoms with Crippen molar-refractivity contribution < 1.29 is 29.0 Å². The van der Waals surface area contributed by atoms with Crippen molar-refractivity contribution in [1.82, 2.24) is 10.2 Å². The Balaban J connectivity index is 1.59. The van der Waals surface area contributed by atoms with Gasteiger partial charge in [-0.15, -0.1) is 0 Å². The van der Waals surface area contributed by atoms with E-state index in [-0.39, 0.29) is 24.3 Å². The van der Waals surface area contributed by atoms with Gasteiger partial charge >= 0.3 is 0 Å². The third kappa shape index (κ3) is 4.05. The first kappa shape index (κ1) is 24.5. The van der Waals surface area contributed by atoms with Crippen molar-refractivity contribution in [1.29, 1.82) is 0 Å². The number of carbonyl (C=O) groups is 3. The summed E-state index contributed by atoms with van der Waals surface area (Å²) in [5.41, 5.74) is -0.451. The minimum absolute atomic E-state index is 0.278. The maximum Gasteiger partial charge on any atom is 0.245 e. The van der Waals surface area contributed by atoms with Crippen molar-refractivity contribution in [3.8, 4) is 5.75 Å². The first-order valence-electron chi connectivity index (χ1n) is 12.3. The van der Waals surface area contributed by atoms with Gasteiger partial charge in [0.25, 0.3) is 0 Å². The number of ether oxygens (including phenoxy) is 2. The van der Waals surface area contributed by atoms with E-state index >= 15 is 0 Å². The zero-order chi connectivity index (χ0) is 24.5. The lowest BCUT2D eigenvalue weighted by Gasteiger charge is -2.35. The predicted octanol–water partition coefficient (Wildman–Crippen LogP) is 1.70. The van der Waals surface area contributed by atoms with Crippen molar-refractivity contribution in [2.75, 3.05) is 25.1 Å². The van der Waals surface area contributed by atoms with Crippen molar-refractivity contribution in [2.45, 2.75) is 70.2 Å². The van der Waals surface area contributed by atoms with Crippen LogP contribution >= 0.6 is 0 Å². The van der Waals surface area contributed by atoms with E-state index in [1.165, 1.54) is 4.90 Å². The lowest BCUT2D eigenvalue weighted by molar-refractivity contribution is -0.144. The van der Waals surface area contributed by atoms with E-state index < -0.39 is 35.6 Å². The molecule has 0 radical (unpaired) electrons. The molecule has 3 amide bonds. The van der Waals surface area contributed by atoms with E-state index in [9.17, 15) is 19.5 Å². The number of hydrogen-bond acceptors (Lipinski definition) is 6. The van der Waals surface area contributed by atoms with Gasteiger partial charge in [-0.1, -0.05) is 13.3 Å². The highest BCUT2D eigenvalue weighted by atomic mass is 16.5. The molecule has 1 aromatic rings. The fourth-order valence-electron chi connectivity index (χ4n) is 5.76. The average molecular weight is 474 g/mol. The number of likely N-dealkylation sites (tertiary alicyclic amines) is 1. The highest BCUT2D eigenvalue weighted by molar-refractivity contribution is 6.02. The maximum atomic E-state index is 13.7. The average Bonchev–Trinajstić information content (AvgIpc) is 3.47. The minimum atomic E-state index is -1.05. The Morgan fingerprint density at radius 3 is 2.65 bits per heavy atom. The fraction of sp³-hybridized carbons (Fsp3) is 0.640.